The van der Waals surface area contributed by atoms with Gasteiger partial charge in [0.15, 0.2) is 0 Å². The molecule has 0 atom stereocenters. The van der Waals surface area contributed by atoms with Gasteiger partial charge >= 0.3 is 0 Å². The predicted octanol–water partition coefficient (Wildman–Crippen LogP) is 5.45. The summed E-state index contributed by atoms with van der Waals surface area (Å²) in [4.78, 5) is 20.7. The van der Waals surface area contributed by atoms with Crippen molar-refractivity contribution in [2.75, 3.05) is 5.32 Å². The minimum Gasteiger partial charge on any atom is -0.457 e. The van der Waals surface area contributed by atoms with Crippen LogP contribution in [0.3, 0.4) is 0 Å². The van der Waals surface area contributed by atoms with Crippen molar-refractivity contribution in [3.8, 4) is 11.5 Å². The van der Waals surface area contributed by atoms with Crippen LogP contribution in [-0.4, -0.2) is 15.9 Å². The van der Waals surface area contributed by atoms with Gasteiger partial charge in [0.1, 0.15) is 11.5 Å². The van der Waals surface area contributed by atoms with Crippen LogP contribution >= 0.6 is 11.3 Å². The minimum atomic E-state index is 0.00362. The van der Waals surface area contributed by atoms with Crippen molar-refractivity contribution in [2.45, 2.75) is 19.3 Å². The van der Waals surface area contributed by atoms with Gasteiger partial charge in [-0.15, -0.1) is 11.3 Å². The number of anilines is 1. The molecule has 0 unspecified atom stereocenters. The number of amides is 1. The van der Waals surface area contributed by atoms with Crippen LogP contribution in [-0.2, 0) is 11.2 Å². The molecule has 2 aromatic carbocycles. The number of ether oxygens (including phenoxy) is 1. The van der Waals surface area contributed by atoms with Crippen molar-refractivity contribution in [3.63, 3.8) is 0 Å². The third-order valence-corrected chi connectivity index (χ3v) is 5.25. The van der Waals surface area contributed by atoms with Gasteiger partial charge in [-0.2, -0.15) is 0 Å². The summed E-state index contributed by atoms with van der Waals surface area (Å²) in [5.41, 5.74) is 1.79. The molecule has 4 rings (SSSR count). The maximum absolute atomic E-state index is 12.2. The molecule has 0 spiro atoms. The van der Waals surface area contributed by atoms with Crippen LogP contribution in [0.4, 0.5) is 5.69 Å². The van der Waals surface area contributed by atoms with Crippen molar-refractivity contribution < 1.29 is 9.53 Å². The molecule has 0 saturated carbocycles. The summed E-state index contributed by atoms with van der Waals surface area (Å²) in [5.74, 6) is 1.44. The molecule has 0 bridgehead atoms. The number of nitrogens with one attached hydrogen (secondary N) is 1. The van der Waals surface area contributed by atoms with Crippen LogP contribution < -0.4 is 10.1 Å². The van der Waals surface area contributed by atoms with Gasteiger partial charge in [0.05, 0.1) is 15.2 Å². The summed E-state index contributed by atoms with van der Waals surface area (Å²) in [5, 5.41) is 4.00. The van der Waals surface area contributed by atoms with Crippen molar-refractivity contribution in [2.24, 2.45) is 0 Å². The highest BCUT2D eigenvalue weighted by Crippen LogP contribution is 2.24. The normalized spacial score (nSPS) is 10.7. The number of hydrogen-bond acceptors (Lipinski definition) is 5. The molecular weight excluding hydrogens is 370 g/mol. The lowest BCUT2D eigenvalue weighted by Gasteiger charge is -2.08. The lowest BCUT2D eigenvalue weighted by Crippen LogP contribution is -2.11. The van der Waals surface area contributed by atoms with Crippen LogP contribution in [0, 0.1) is 0 Å². The van der Waals surface area contributed by atoms with Crippen LogP contribution in [0.1, 0.15) is 17.8 Å². The average Bonchev–Trinajstić information content (AvgIpc) is 3.13. The Morgan fingerprint density at radius 1 is 0.964 bits per heavy atom. The zero-order chi connectivity index (χ0) is 19.2. The van der Waals surface area contributed by atoms with E-state index in [1.807, 2.05) is 42.5 Å². The van der Waals surface area contributed by atoms with Crippen molar-refractivity contribution in [1.29, 1.82) is 0 Å². The number of aromatic nitrogens is 2. The molecule has 2 aromatic heterocycles. The molecular formula is C22H19N3O2S. The van der Waals surface area contributed by atoms with E-state index in [0.29, 0.717) is 12.2 Å². The highest BCUT2D eigenvalue weighted by atomic mass is 32.1. The van der Waals surface area contributed by atoms with Gasteiger partial charge < -0.3 is 10.1 Å². The average molecular weight is 389 g/mol. The number of thiazole rings is 1. The Morgan fingerprint density at radius 3 is 2.50 bits per heavy atom. The van der Waals surface area contributed by atoms with Gasteiger partial charge in [-0.25, -0.2) is 4.98 Å². The van der Waals surface area contributed by atoms with Gasteiger partial charge in [-0.05, 0) is 61.4 Å². The first-order chi connectivity index (χ1) is 13.8. The summed E-state index contributed by atoms with van der Waals surface area (Å²) in [6, 6.07) is 19.0. The van der Waals surface area contributed by atoms with E-state index in [0.717, 1.165) is 34.8 Å². The van der Waals surface area contributed by atoms with E-state index in [1.54, 1.807) is 35.9 Å². The Balaban J connectivity index is 1.25. The van der Waals surface area contributed by atoms with Crippen molar-refractivity contribution >= 4 is 33.1 Å². The summed E-state index contributed by atoms with van der Waals surface area (Å²) in [6.07, 6.45) is 5.40. The van der Waals surface area contributed by atoms with Gasteiger partial charge in [0.25, 0.3) is 0 Å². The van der Waals surface area contributed by atoms with Crippen LogP contribution in [0.2, 0.25) is 0 Å². The third kappa shape index (κ3) is 4.72. The SMILES string of the molecule is O=C(CCCc1nc2ccccc2s1)Nc1ccc(Oc2ccncc2)cc1. The first-order valence-electron chi connectivity index (χ1n) is 9.08. The molecule has 140 valence electrons. The second-order valence-corrected chi connectivity index (χ2v) is 7.40. The number of aryl methyl sites for hydroxylation is 1. The van der Waals surface area contributed by atoms with Crippen LogP contribution in [0.15, 0.2) is 73.1 Å². The number of carbonyl (C=O) groups is 1. The topological polar surface area (TPSA) is 64.1 Å². The molecule has 4 aromatic rings. The van der Waals surface area contributed by atoms with E-state index >= 15 is 0 Å². The van der Waals surface area contributed by atoms with Crippen molar-refractivity contribution in [3.05, 3.63) is 78.1 Å². The van der Waals surface area contributed by atoms with E-state index in [2.05, 4.69) is 21.4 Å². The molecule has 1 N–H and O–H groups in total. The maximum atomic E-state index is 12.2. The van der Waals surface area contributed by atoms with E-state index in [-0.39, 0.29) is 5.91 Å². The van der Waals surface area contributed by atoms with Gasteiger partial charge in [0.2, 0.25) is 5.91 Å². The Hall–Kier alpha value is -3.25. The number of carbonyl (C=O) groups excluding carboxylic acids is 1. The molecule has 5 nitrogen and oxygen atoms in total. The number of hydrogen-bond donors (Lipinski definition) is 1. The number of rotatable bonds is 7. The van der Waals surface area contributed by atoms with E-state index in [4.69, 9.17) is 4.74 Å². The Morgan fingerprint density at radius 2 is 1.71 bits per heavy atom. The highest BCUT2D eigenvalue weighted by Gasteiger charge is 2.06. The summed E-state index contributed by atoms with van der Waals surface area (Å²) in [6.45, 7) is 0. The number of para-hydroxylation sites is 1. The lowest BCUT2D eigenvalue weighted by molar-refractivity contribution is -0.116. The quantitative estimate of drug-likeness (QED) is 0.457. The van der Waals surface area contributed by atoms with E-state index < -0.39 is 0 Å². The largest absolute Gasteiger partial charge is 0.457 e. The van der Waals surface area contributed by atoms with Crippen molar-refractivity contribution in [1.82, 2.24) is 9.97 Å². The second kappa shape index (κ2) is 8.63. The lowest BCUT2D eigenvalue weighted by atomic mass is 10.2. The molecule has 0 aliphatic carbocycles. The first-order valence-corrected chi connectivity index (χ1v) is 9.90. The van der Waals surface area contributed by atoms with Crippen LogP contribution in [0.25, 0.3) is 10.2 Å². The maximum Gasteiger partial charge on any atom is 0.224 e. The summed E-state index contributed by atoms with van der Waals surface area (Å²) >= 11 is 1.69. The van der Waals surface area contributed by atoms with E-state index in [9.17, 15) is 4.79 Å². The Labute approximate surface area is 167 Å². The highest BCUT2D eigenvalue weighted by molar-refractivity contribution is 7.18. The van der Waals surface area contributed by atoms with Gasteiger partial charge in [-0.1, -0.05) is 12.1 Å². The molecule has 0 radical (unpaired) electrons. The van der Waals surface area contributed by atoms with Gasteiger partial charge in [0, 0.05) is 24.5 Å². The van der Waals surface area contributed by atoms with Gasteiger partial charge in [-0.3, -0.25) is 9.78 Å². The molecule has 1 amide bonds. The summed E-state index contributed by atoms with van der Waals surface area (Å²) in [7, 11) is 0. The molecule has 6 heteroatoms. The second-order valence-electron chi connectivity index (χ2n) is 6.29. The fraction of sp³-hybridized carbons (Fsp3) is 0.136. The number of benzene rings is 2. The fourth-order valence-corrected chi connectivity index (χ4v) is 3.81. The standard InChI is InChI=1S/C22H19N3O2S/c26-21(6-3-7-22-25-19-4-1-2-5-20(19)28-22)24-16-8-10-17(11-9-16)27-18-12-14-23-15-13-18/h1-2,4-5,8-15H,3,6-7H2,(H,24,26). The third-order valence-electron chi connectivity index (χ3n) is 4.16. The zero-order valence-corrected chi connectivity index (χ0v) is 16.0. The number of fused-ring (bicyclic) bond motifs is 1. The smallest absolute Gasteiger partial charge is 0.224 e. The molecule has 0 aliphatic heterocycles. The Bertz CT molecular complexity index is 1030. The first kappa shape index (κ1) is 18.1. The summed E-state index contributed by atoms with van der Waals surface area (Å²) < 4.78 is 6.91. The zero-order valence-electron chi connectivity index (χ0n) is 15.2. The molecule has 2 heterocycles. The Kier molecular flexibility index (Phi) is 5.58. The number of nitrogens with zero attached hydrogens (tertiary/aromatic N) is 2. The van der Waals surface area contributed by atoms with E-state index in [1.165, 1.54) is 4.70 Å². The monoisotopic (exact) mass is 389 g/mol. The fourth-order valence-electron chi connectivity index (χ4n) is 2.80. The molecule has 0 aliphatic rings. The predicted molar refractivity (Wildman–Crippen MR) is 112 cm³/mol. The number of pyridine rings is 1. The minimum absolute atomic E-state index is 0.00362. The van der Waals surface area contributed by atoms with Crippen LogP contribution in [0.5, 0.6) is 11.5 Å². The molecule has 0 saturated heterocycles. The molecule has 28 heavy (non-hydrogen) atoms. The molecule has 0 fully saturated rings.